The topological polar surface area (TPSA) is 44.4 Å². The van der Waals surface area contributed by atoms with Crippen LogP contribution in [0.4, 0.5) is 0 Å². The van der Waals surface area contributed by atoms with Crippen molar-refractivity contribution in [2.45, 2.75) is 32.2 Å². The number of nitrogens with one attached hydrogen (secondary N) is 2. The van der Waals surface area contributed by atoms with Crippen molar-refractivity contribution in [1.82, 2.24) is 15.5 Å². The molecule has 2 rings (SSSR count). The van der Waals surface area contributed by atoms with Crippen LogP contribution in [0.2, 0.25) is 0 Å². The summed E-state index contributed by atoms with van der Waals surface area (Å²) in [4.78, 5) is 14.1. The Morgan fingerprint density at radius 3 is 2.61 bits per heavy atom. The van der Waals surface area contributed by atoms with Crippen LogP contribution in [0.3, 0.4) is 0 Å². The summed E-state index contributed by atoms with van der Waals surface area (Å²) in [5.41, 5.74) is 2.95. The van der Waals surface area contributed by atoms with Crippen LogP contribution in [-0.4, -0.2) is 44.0 Å². The first-order valence-electron chi connectivity index (χ1n) is 8.00. The summed E-state index contributed by atoms with van der Waals surface area (Å²) in [5, 5.41) is 6.06. The minimum Gasteiger partial charge on any atom is -0.356 e. The molecule has 1 aliphatic rings. The molecule has 1 aromatic carbocycles. The number of rotatable bonds is 8. The van der Waals surface area contributed by atoms with E-state index in [0.29, 0.717) is 6.42 Å². The maximum atomic E-state index is 11.6. The number of carbonyl (C=O) groups excluding carboxylic acids is 1. The molecule has 0 atom stereocenters. The second-order valence-corrected chi connectivity index (χ2v) is 5.71. The fourth-order valence-corrected chi connectivity index (χ4v) is 2.79. The maximum absolute atomic E-state index is 11.6. The van der Waals surface area contributed by atoms with E-state index in [4.69, 9.17) is 0 Å². The lowest BCUT2D eigenvalue weighted by molar-refractivity contribution is -0.121. The Labute approximate surface area is 152 Å². The van der Waals surface area contributed by atoms with Gasteiger partial charge in [0, 0.05) is 32.6 Å². The van der Waals surface area contributed by atoms with Crippen molar-refractivity contribution in [2.75, 3.05) is 33.2 Å². The normalized spacial score (nSPS) is 13.4. The lowest BCUT2D eigenvalue weighted by Gasteiger charge is -2.28. The Kier molecular flexibility index (Phi) is 12.1. The molecule has 1 aliphatic heterocycles. The number of fused-ring (bicyclic) bond motifs is 1. The highest BCUT2D eigenvalue weighted by molar-refractivity contribution is 5.85. The van der Waals surface area contributed by atoms with Crippen LogP contribution in [0, 0.1) is 0 Å². The number of hydrogen-bond donors (Lipinski definition) is 2. The lowest BCUT2D eigenvalue weighted by Crippen LogP contribution is -2.33. The van der Waals surface area contributed by atoms with Crippen molar-refractivity contribution in [3.63, 3.8) is 0 Å². The van der Waals surface area contributed by atoms with E-state index in [1.54, 1.807) is 0 Å². The second kappa shape index (κ2) is 12.6. The van der Waals surface area contributed by atoms with Crippen LogP contribution < -0.4 is 10.6 Å². The molecule has 132 valence electrons. The van der Waals surface area contributed by atoms with Gasteiger partial charge in [-0.3, -0.25) is 9.69 Å². The average molecular weight is 362 g/mol. The van der Waals surface area contributed by atoms with Crippen LogP contribution in [-0.2, 0) is 17.8 Å². The van der Waals surface area contributed by atoms with Crippen molar-refractivity contribution < 1.29 is 4.79 Å². The van der Waals surface area contributed by atoms with E-state index in [-0.39, 0.29) is 30.7 Å². The molecule has 0 radical (unpaired) electrons. The van der Waals surface area contributed by atoms with E-state index in [9.17, 15) is 4.79 Å². The minimum absolute atomic E-state index is 0. The molecule has 2 N–H and O–H groups in total. The molecule has 0 fully saturated rings. The van der Waals surface area contributed by atoms with Gasteiger partial charge in [0.15, 0.2) is 0 Å². The van der Waals surface area contributed by atoms with Gasteiger partial charge in [0.25, 0.3) is 0 Å². The molecule has 0 spiro atoms. The number of benzene rings is 1. The molecule has 0 aromatic heterocycles. The monoisotopic (exact) mass is 361 g/mol. The molecule has 0 aliphatic carbocycles. The van der Waals surface area contributed by atoms with E-state index < -0.39 is 0 Å². The standard InChI is InChI=1S/C17H27N3O.2ClH/c1-18-10-4-8-17(21)19-11-5-12-20-13-9-15-6-2-3-7-16(15)14-20;;/h2-3,6-7,18H,4-5,8-14H2,1H3,(H,19,21);2*1H. The Balaban J connectivity index is 0.00000242. The molecule has 0 unspecified atom stereocenters. The molecular weight excluding hydrogens is 333 g/mol. The van der Waals surface area contributed by atoms with Gasteiger partial charge in [-0.2, -0.15) is 0 Å². The summed E-state index contributed by atoms with van der Waals surface area (Å²) in [6.45, 7) is 4.93. The highest BCUT2D eigenvalue weighted by atomic mass is 35.5. The van der Waals surface area contributed by atoms with Crippen LogP contribution >= 0.6 is 24.8 Å². The van der Waals surface area contributed by atoms with Gasteiger partial charge in [-0.1, -0.05) is 24.3 Å². The molecule has 4 nitrogen and oxygen atoms in total. The molecule has 0 saturated heterocycles. The van der Waals surface area contributed by atoms with Crippen molar-refractivity contribution in [3.8, 4) is 0 Å². The largest absolute Gasteiger partial charge is 0.356 e. The van der Waals surface area contributed by atoms with E-state index >= 15 is 0 Å². The summed E-state index contributed by atoms with van der Waals surface area (Å²) < 4.78 is 0. The van der Waals surface area contributed by atoms with Gasteiger partial charge in [0.1, 0.15) is 0 Å². The molecule has 6 heteroatoms. The number of nitrogens with zero attached hydrogens (tertiary/aromatic N) is 1. The Bertz CT molecular complexity index is 457. The van der Waals surface area contributed by atoms with E-state index in [2.05, 4.69) is 39.8 Å². The molecule has 1 heterocycles. The Hall–Kier alpha value is -0.810. The smallest absolute Gasteiger partial charge is 0.220 e. The van der Waals surface area contributed by atoms with Gasteiger partial charge < -0.3 is 10.6 Å². The van der Waals surface area contributed by atoms with Gasteiger partial charge in [-0.05, 0) is 44.0 Å². The van der Waals surface area contributed by atoms with Crippen molar-refractivity contribution in [1.29, 1.82) is 0 Å². The quantitative estimate of drug-likeness (QED) is 0.698. The summed E-state index contributed by atoms with van der Waals surface area (Å²) in [7, 11) is 1.91. The fourth-order valence-electron chi connectivity index (χ4n) is 2.79. The predicted molar refractivity (Wildman–Crippen MR) is 101 cm³/mol. The SMILES string of the molecule is CNCCCC(=O)NCCCN1CCc2ccccc2C1.Cl.Cl. The molecule has 0 bridgehead atoms. The lowest BCUT2D eigenvalue weighted by atomic mass is 10.00. The third-order valence-corrected chi connectivity index (χ3v) is 4.01. The third-order valence-electron chi connectivity index (χ3n) is 4.01. The van der Waals surface area contributed by atoms with Gasteiger partial charge in [0.05, 0.1) is 0 Å². The average Bonchev–Trinajstić information content (AvgIpc) is 2.52. The zero-order valence-electron chi connectivity index (χ0n) is 13.8. The highest BCUT2D eigenvalue weighted by Gasteiger charge is 2.14. The van der Waals surface area contributed by atoms with E-state index in [0.717, 1.165) is 52.0 Å². The van der Waals surface area contributed by atoms with Crippen LogP contribution in [0.1, 0.15) is 30.4 Å². The van der Waals surface area contributed by atoms with E-state index in [1.165, 1.54) is 11.1 Å². The van der Waals surface area contributed by atoms with E-state index in [1.807, 2.05) is 7.05 Å². The first kappa shape index (κ1) is 22.2. The van der Waals surface area contributed by atoms with Gasteiger partial charge in [-0.25, -0.2) is 0 Å². The summed E-state index contributed by atoms with van der Waals surface area (Å²) in [5.74, 6) is 0.175. The van der Waals surface area contributed by atoms with Crippen LogP contribution in [0.15, 0.2) is 24.3 Å². The predicted octanol–water partition coefficient (Wildman–Crippen LogP) is 2.39. The van der Waals surface area contributed by atoms with Gasteiger partial charge >= 0.3 is 0 Å². The number of carbonyl (C=O) groups is 1. The van der Waals surface area contributed by atoms with Crippen LogP contribution in [0.25, 0.3) is 0 Å². The van der Waals surface area contributed by atoms with Gasteiger partial charge in [0.2, 0.25) is 5.91 Å². The zero-order valence-corrected chi connectivity index (χ0v) is 15.5. The van der Waals surface area contributed by atoms with Crippen molar-refractivity contribution in [2.24, 2.45) is 0 Å². The first-order valence-corrected chi connectivity index (χ1v) is 8.00. The minimum atomic E-state index is 0. The molecule has 1 aromatic rings. The van der Waals surface area contributed by atoms with Crippen molar-refractivity contribution >= 4 is 30.7 Å². The molecule has 23 heavy (non-hydrogen) atoms. The number of amides is 1. The Morgan fingerprint density at radius 1 is 1.13 bits per heavy atom. The highest BCUT2D eigenvalue weighted by Crippen LogP contribution is 2.18. The summed E-state index contributed by atoms with van der Waals surface area (Å²) in [6.07, 6.45) is 3.70. The molecule has 1 amide bonds. The zero-order chi connectivity index (χ0) is 14.9. The number of hydrogen-bond acceptors (Lipinski definition) is 3. The van der Waals surface area contributed by atoms with Crippen molar-refractivity contribution in [3.05, 3.63) is 35.4 Å². The summed E-state index contributed by atoms with van der Waals surface area (Å²) in [6, 6.07) is 8.70. The Morgan fingerprint density at radius 2 is 1.87 bits per heavy atom. The number of halogens is 2. The second-order valence-electron chi connectivity index (χ2n) is 5.71. The summed E-state index contributed by atoms with van der Waals surface area (Å²) >= 11 is 0. The van der Waals surface area contributed by atoms with Gasteiger partial charge in [-0.15, -0.1) is 24.8 Å². The van der Waals surface area contributed by atoms with Crippen LogP contribution in [0.5, 0.6) is 0 Å². The molecular formula is C17H29Cl2N3O. The molecule has 0 saturated carbocycles. The first-order chi connectivity index (χ1) is 10.3. The third kappa shape index (κ3) is 8.02. The fraction of sp³-hybridized carbons (Fsp3) is 0.588. The maximum Gasteiger partial charge on any atom is 0.220 e.